The normalized spacial score (nSPS) is 21.9. The van der Waals surface area contributed by atoms with Crippen molar-refractivity contribution in [2.24, 2.45) is 0 Å². The van der Waals surface area contributed by atoms with E-state index in [0.717, 1.165) is 30.6 Å². The Morgan fingerprint density at radius 3 is 2.78 bits per heavy atom. The average molecular weight is 286 g/mol. The van der Waals surface area contributed by atoms with Crippen molar-refractivity contribution in [1.82, 2.24) is 15.2 Å². The molecule has 5 nitrogen and oxygen atoms in total. The molecule has 3 amide bonds. The summed E-state index contributed by atoms with van der Waals surface area (Å²) in [6, 6.07) is -0.300. The monoisotopic (exact) mass is 285 g/mol. The Bertz CT molecular complexity index is 510. The molecule has 2 heterocycles. The van der Waals surface area contributed by atoms with E-state index in [0.29, 0.717) is 4.47 Å². The number of aromatic nitrogens is 1. The van der Waals surface area contributed by atoms with Crippen molar-refractivity contribution in [1.29, 1.82) is 0 Å². The highest BCUT2D eigenvalue weighted by atomic mass is 35.5. The highest BCUT2D eigenvalue weighted by molar-refractivity contribution is 7.15. The molecule has 2 aliphatic rings. The lowest BCUT2D eigenvalue weighted by Crippen LogP contribution is -2.44. The first-order chi connectivity index (χ1) is 8.61. The van der Waals surface area contributed by atoms with Crippen LogP contribution >= 0.6 is 22.9 Å². The molecule has 96 valence electrons. The van der Waals surface area contributed by atoms with Crippen LogP contribution in [0.15, 0.2) is 6.20 Å². The van der Waals surface area contributed by atoms with Crippen LogP contribution in [0.4, 0.5) is 4.79 Å². The molecule has 1 aromatic heterocycles. The van der Waals surface area contributed by atoms with E-state index >= 15 is 0 Å². The molecule has 1 aromatic rings. The zero-order valence-corrected chi connectivity index (χ0v) is 11.2. The average Bonchev–Trinajstić information content (AvgIpc) is 2.99. The number of halogens is 1. The number of nitrogens with zero attached hydrogens (tertiary/aromatic N) is 2. The highest BCUT2D eigenvalue weighted by Gasteiger charge is 2.52. The molecule has 0 atom stereocenters. The van der Waals surface area contributed by atoms with Crippen molar-refractivity contribution in [2.75, 3.05) is 0 Å². The lowest BCUT2D eigenvalue weighted by atomic mass is 9.98. The Hall–Kier alpha value is -1.14. The number of carbonyl (C=O) groups excluding carboxylic acids is 2. The zero-order chi connectivity index (χ0) is 12.8. The summed E-state index contributed by atoms with van der Waals surface area (Å²) < 4.78 is 0.424. The maximum absolute atomic E-state index is 12.3. The van der Waals surface area contributed by atoms with Gasteiger partial charge in [-0.05, 0) is 12.8 Å². The number of hydrogen-bond donors (Lipinski definition) is 1. The van der Waals surface area contributed by atoms with Crippen LogP contribution in [0.3, 0.4) is 0 Å². The third kappa shape index (κ3) is 1.80. The van der Waals surface area contributed by atoms with Gasteiger partial charge >= 0.3 is 6.03 Å². The number of amides is 3. The summed E-state index contributed by atoms with van der Waals surface area (Å²) in [5.74, 6) is -0.102. The first-order valence-electron chi connectivity index (χ1n) is 5.85. The summed E-state index contributed by atoms with van der Waals surface area (Å²) in [6.45, 7) is 0.261. The van der Waals surface area contributed by atoms with Crippen molar-refractivity contribution < 1.29 is 9.59 Å². The Labute approximate surface area is 113 Å². The zero-order valence-electron chi connectivity index (χ0n) is 9.61. The van der Waals surface area contributed by atoms with Crippen LogP contribution in [-0.2, 0) is 11.3 Å². The number of thiazole rings is 1. The standard InChI is InChI=1S/C11H12ClN3O2S/c12-9-13-5-7(18-9)6-15-8(16)11(14-10(15)17)3-1-2-4-11/h5H,1-4,6H2,(H,14,17). The van der Waals surface area contributed by atoms with Gasteiger partial charge in [-0.1, -0.05) is 24.4 Å². The SMILES string of the molecule is O=C1NC2(CCCC2)C(=O)N1Cc1cnc(Cl)s1. The Morgan fingerprint density at radius 1 is 1.44 bits per heavy atom. The van der Waals surface area contributed by atoms with Gasteiger partial charge in [0.15, 0.2) is 4.47 Å². The Balaban J connectivity index is 1.80. The van der Waals surface area contributed by atoms with E-state index in [9.17, 15) is 9.59 Å². The molecule has 0 radical (unpaired) electrons. The van der Waals surface area contributed by atoms with E-state index in [1.165, 1.54) is 16.2 Å². The highest BCUT2D eigenvalue weighted by Crippen LogP contribution is 2.35. The minimum atomic E-state index is -0.633. The third-order valence-corrected chi connectivity index (χ3v) is 4.64. The second kappa shape index (κ2) is 4.20. The summed E-state index contributed by atoms with van der Waals surface area (Å²) >= 11 is 7.03. The molecule has 18 heavy (non-hydrogen) atoms. The molecule has 1 N–H and O–H groups in total. The van der Waals surface area contributed by atoms with Gasteiger partial charge in [0, 0.05) is 11.1 Å². The lowest BCUT2D eigenvalue weighted by molar-refractivity contribution is -0.131. The molecule has 1 saturated heterocycles. The fourth-order valence-electron chi connectivity index (χ4n) is 2.65. The van der Waals surface area contributed by atoms with Crippen molar-refractivity contribution in [3.63, 3.8) is 0 Å². The van der Waals surface area contributed by atoms with Crippen LogP contribution in [0, 0.1) is 0 Å². The van der Waals surface area contributed by atoms with E-state index in [1.54, 1.807) is 6.20 Å². The second-order valence-corrected chi connectivity index (χ2v) is 6.39. The molecule has 0 aromatic carbocycles. The predicted octanol–water partition coefficient (Wildman–Crippen LogP) is 2.16. The fraction of sp³-hybridized carbons (Fsp3) is 0.545. The van der Waals surface area contributed by atoms with Crippen LogP contribution in [0.2, 0.25) is 4.47 Å². The molecule has 1 spiro atoms. The number of rotatable bonds is 2. The van der Waals surface area contributed by atoms with E-state index < -0.39 is 5.54 Å². The number of nitrogens with one attached hydrogen (secondary N) is 1. The molecule has 1 aliphatic carbocycles. The maximum atomic E-state index is 12.3. The van der Waals surface area contributed by atoms with Gasteiger partial charge < -0.3 is 5.32 Å². The minimum absolute atomic E-state index is 0.102. The Kier molecular flexibility index (Phi) is 2.79. The van der Waals surface area contributed by atoms with Gasteiger partial charge in [0.25, 0.3) is 5.91 Å². The van der Waals surface area contributed by atoms with Crippen molar-refractivity contribution in [3.8, 4) is 0 Å². The number of imide groups is 1. The topological polar surface area (TPSA) is 62.3 Å². The van der Waals surface area contributed by atoms with Gasteiger partial charge in [0.2, 0.25) is 0 Å². The first kappa shape index (κ1) is 11.9. The molecule has 3 rings (SSSR count). The number of hydrogen-bond acceptors (Lipinski definition) is 4. The number of carbonyl (C=O) groups is 2. The van der Waals surface area contributed by atoms with Crippen LogP contribution in [0.5, 0.6) is 0 Å². The van der Waals surface area contributed by atoms with Crippen molar-refractivity contribution >= 4 is 34.9 Å². The molecule has 0 unspecified atom stereocenters. The van der Waals surface area contributed by atoms with E-state index in [-0.39, 0.29) is 18.5 Å². The summed E-state index contributed by atoms with van der Waals surface area (Å²) in [5, 5.41) is 2.84. The van der Waals surface area contributed by atoms with Gasteiger partial charge in [0.1, 0.15) is 5.54 Å². The van der Waals surface area contributed by atoms with E-state index in [2.05, 4.69) is 10.3 Å². The Morgan fingerprint density at radius 2 is 2.17 bits per heavy atom. The smallest absolute Gasteiger partial charge is 0.323 e. The lowest BCUT2D eigenvalue weighted by Gasteiger charge is -2.19. The number of urea groups is 1. The largest absolute Gasteiger partial charge is 0.325 e. The molecule has 0 bridgehead atoms. The minimum Gasteiger partial charge on any atom is -0.323 e. The van der Waals surface area contributed by atoms with Gasteiger partial charge in [-0.25, -0.2) is 9.78 Å². The summed E-state index contributed by atoms with van der Waals surface area (Å²) in [4.78, 5) is 30.3. The molecular weight excluding hydrogens is 274 g/mol. The van der Waals surface area contributed by atoms with Crippen molar-refractivity contribution in [2.45, 2.75) is 37.8 Å². The molecule has 2 fully saturated rings. The summed E-state index contributed by atoms with van der Waals surface area (Å²) in [5.41, 5.74) is -0.633. The second-order valence-electron chi connectivity index (χ2n) is 4.69. The molecule has 1 aliphatic heterocycles. The first-order valence-corrected chi connectivity index (χ1v) is 7.04. The summed E-state index contributed by atoms with van der Waals surface area (Å²) in [6.07, 6.45) is 5.08. The van der Waals surface area contributed by atoms with Crippen LogP contribution in [-0.4, -0.2) is 27.4 Å². The maximum Gasteiger partial charge on any atom is 0.325 e. The van der Waals surface area contributed by atoms with Crippen LogP contribution < -0.4 is 5.32 Å². The van der Waals surface area contributed by atoms with Gasteiger partial charge in [0.05, 0.1) is 6.54 Å². The predicted molar refractivity (Wildman–Crippen MR) is 67.4 cm³/mol. The molecule has 7 heteroatoms. The van der Waals surface area contributed by atoms with Crippen LogP contribution in [0.1, 0.15) is 30.6 Å². The van der Waals surface area contributed by atoms with Gasteiger partial charge in [-0.3, -0.25) is 9.69 Å². The quantitative estimate of drug-likeness (QED) is 0.847. The van der Waals surface area contributed by atoms with Gasteiger partial charge in [-0.15, -0.1) is 11.3 Å². The van der Waals surface area contributed by atoms with Crippen LogP contribution in [0.25, 0.3) is 0 Å². The van der Waals surface area contributed by atoms with Gasteiger partial charge in [-0.2, -0.15) is 0 Å². The molecule has 1 saturated carbocycles. The fourth-order valence-corrected chi connectivity index (χ4v) is 3.62. The van der Waals surface area contributed by atoms with Crippen molar-refractivity contribution in [3.05, 3.63) is 15.5 Å². The van der Waals surface area contributed by atoms with E-state index in [4.69, 9.17) is 11.6 Å². The van der Waals surface area contributed by atoms with E-state index in [1.807, 2.05) is 0 Å². The molecular formula is C11H12ClN3O2S. The third-order valence-electron chi connectivity index (χ3n) is 3.54. The summed E-state index contributed by atoms with van der Waals surface area (Å²) in [7, 11) is 0.